The molecule has 0 spiro atoms. The van der Waals surface area contributed by atoms with Gasteiger partial charge in [0.25, 0.3) is 6.47 Å². The average Bonchev–Trinajstić information content (AvgIpc) is 2.89. The number of fused-ring (bicyclic) bond motifs is 1. The summed E-state index contributed by atoms with van der Waals surface area (Å²) in [7, 11) is 0. The van der Waals surface area contributed by atoms with Crippen LogP contribution in [-0.4, -0.2) is 12.6 Å². The molecular formula is C12H13O2. The number of ether oxygens (including phenoxy) is 1. The second kappa shape index (κ2) is 3.82. The molecule has 0 bridgehead atoms. The van der Waals surface area contributed by atoms with Crippen molar-refractivity contribution < 1.29 is 9.53 Å². The molecule has 1 radical (unpaired) electrons. The monoisotopic (exact) mass is 189 g/mol. The smallest absolute Gasteiger partial charge is 0.293 e. The van der Waals surface area contributed by atoms with Gasteiger partial charge >= 0.3 is 0 Å². The first-order valence-corrected chi connectivity index (χ1v) is 4.87. The van der Waals surface area contributed by atoms with E-state index in [9.17, 15) is 4.79 Å². The topological polar surface area (TPSA) is 26.3 Å². The van der Waals surface area contributed by atoms with Crippen molar-refractivity contribution in [1.82, 2.24) is 0 Å². The lowest BCUT2D eigenvalue weighted by Gasteiger charge is -2.07. The maximum Gasteiger partial charge on any atom is 0.293 e. The van der Waals surface area contributed by atoms with Crippen molar-refractivity contribution in [3.05, 3.63) is 41.3 Å². The molecule has 1 aromatic rings. The zero-order valence-corrected chi connectivity index (χ0v) is 8.19. The van der Waals surface area contributed by atoms with Crippen molar-refractivity contribution in [3.63, 3.8) is 0 Å². The Hall–Kier alpha value is -1.31. The Balaban J connectivity index is 1.78. The molecule has 1 unspecified atom stereocenters. The molecule has 73 valence electrons. The van der Waals surface area contributed by atoms with Crippen LogP contribution in [0.4, 0.5) is 0 Å². The summed E-state index contributed by atoms with van der Waals surface area (Å²) < 4.78 is 4.82. The van der Waals surface area contributed by atoms with Gasteiger partial charge in [-0.25, -0.2) is 0 Å². The molecule has 0 saturated heterocycles. The largest absolute Gasteiger partial charge is 0.465 e. The molecule has 2 rings (SSSR count). The fourth-order valence-corrected chi connectivity index (χ4v) is 1.72. The zero-order chi connectivity index (χ0) is 9.97. The van der Waals surface area contributed by atoms with E-state index < -0.39 is 0 Å². The molecule has 1 aliphatic carbocycles. The van der Waals surface area contributed by atoms with E-state index in [0.717, 1.165) is 12.8 Å². The summed E-state index contributed by atoms with van der Waals surface area (Å²) >= 11 is 0. The van der Waals surface area contributed by atoms with E-state index in [4.69, 9.17) is 4.74 Å². The van der Waals surface area contributed by atoms with E-state index in [-0.39, 0.29) is 6.10 Å². The highest BCUT2D eigenvalue weighted by Gasteiger charge is 2.32. The highest BCUT2D eigenvalue weighted by molar-refractivity contribution is 5.66. The molecule has 2 heteroatoms. The van der Waals surface area contributed by atoms with Crippen LogP contribution in [0.2, 0.25) is 0 Å². The van der Waals surface area contributed by atoms with Crippen molar-refractivity contribution in [2.45, 2.75) is 25.9 Å². The third-order valence-corrected chi connectivity index (χ3v) is 2.60. The minimum Gasteiger partial charge on any atom is -0.465 e. The molecule has 1 aromatic carbocycles. The number of carbonyl (C=O) groups is 1. The van der Waals surface area contributed by atoms with Crippen LogP contribution in [0, 0.1) is 5.92 Å². The Morgan fingerprint density at radius 1 is 1.36 bits per heavy atom. The number of hydrogen-bond acceptors (Lipinski definition) is 2. The molecule has 2 nitrogen and oxygen atoms in total. The Labute approximate surface area is 83.9 Å². The third kappa shape index (κ3) is 1.79. The van der Waals surface area contributed by atoms with Gasteiger partial charge in [0.15, 0.2) is 0 Å². The predicted molar refractivity (Wildman–Crippen MR) is 53.7 cm³/mol. The van der Waals surface area contributed by atoms with Crippen molar-refractivity contribution in [1.29, 1.82) is 0 Å². The SMILES string of the molecule is CC(CC[C]1c2ccccc21)OC=O. The first-order chi connectivity index (χ1) is 6.83. The maximum atomic E-state index is 10.1. The molecule has 0 heterocycles. The molecule has 0 fully saturated rings. The van der Waals surface area contributed by atoms with Gasteiger partial charge in [0.05, 0.1) is 6.10 Å². The molecule has 14 heavy (non-hydrogen) atoms. The minimum atomic E-state index is 0.0248. The first-order valence-electron chi connectivity index (χ1n) is 4.87. The molecule has 0 N–H and O–H groups in total. The van der Waals surface area contributed by atoms with Crippen LogP contribution >= 0.6 is 0 Å². The van der Waals surface area contributed by atoms with Gasteiger partial charge in [0, 0.05) is 5.92 Å². The summed E-state index contributed by atoms with van der Waals surface area (Å²) in [5.74, 6) is 1.43. The van der Waals surface area contributed by atoms with Crippen molar-refractivity contribution in [2.75, 3.05) is 0 Å². The van der Waals surface area contributed by atoms with E-state index in [2.05, 4.69) is 24.3 Å². The standard InChI is InChI=1S/C12H13O2/c1-9(14-8-13)6-7-12-10-4-2-3-5-11(10)12/h2-5,8-9H,6-7H2,1H3. The lowest BCUT2D eigenvalue weighted by Crippen LogP contribution is -2.06. The predicted octanol–water partition coefficient (Wildman–Crippen LogP) is 2.31. The van der Waals surface area contributed by atoms with Crippen LogP contribution in [0.1, 0.15) is 30.9 Å². The summed E-state index contributed by atoms with van der Waals surface area (Å²) in [4.78, 5) is 10.1. The second-order valence-electron chi connectivity index (χ2n) is 3.61. The van der Waals surface area contributed by atoms with Crippen molar-refractivity contribution in [3.8, 4) is 0 Å². The molecule has 1 atom stereocenters. The van der Waals surface area contributed by atoms with Gasteiger partial charge in [0.1, 0.15) is 0 Å². The third-order valence-electron chi connectivity index (χ3n) is 2.60. The van der Waals surface area contributed by atoms with E-state index in [0.29, 0.717) is 6.47 Å². The molecule has 0 aliphatic heterocycles. The highest BCUT2D eigenvalue weighted by atomic mass is 16.5. The lowest BCUT2D eigenvalue weighted by molar-refractivity contribution is -0.132. The Morgan fingerprint density at radius 3 is 2.57 bits per heavy atom. The number of benzene rings is 1. The summed E-state index contributed by atoms with van der Waals surface area (Å²) in [6.45, 7) is 2.44. The number of carbonyl (C=O) groups excluding carboxylic acids is 1. The van der Waals surface area contributed by atoms with E-state index in [1.165, 1.54) is 17.0 Å². The van der Waals surface area contributed by atoms with Crippen LogP contribution in [0.15, 0.2) is 24.3 Å². The Morgan fingerprint density at radius 2 is 2.00 bits per heavy atom. The minimum absolute atomic E-state index is 0.0248. The second-order valence-corrected chi connectivity index (χ2v) is 3.61. The van der Waals surface area contributed by atoms with E-state index in [1.807, 2.05) is 6.92 Å². The van der Waals surface area contributed by atoms with Crippen LogP contribution in [0.25, 0.3) is 0 Å². The first kappa shape index (κ1) is 9.25. The fraction of sp³-hybridized carbons (Fsp3) is 0.333. The summed E-state index contributed by atoms with van der Waals surface area (Å²) in [5, 5.41) is 0. The van der Waals surface area contributed by atoms with Gasteiger partial charge < -0.3 is 4.74 Å². The molecule has 0 amide bonds. The highest BCUT2D eigenvalue weighted by Crippen LogP contribution is 2.45. The maximum absolute atomic E-state index is 10.1. The van der Waals surface area contributed by atoms with Gasteiger partial charge in [0.2, 0.25) is 0 Å². The average molecular weight is 189 g/mol. The van der Waals surface area contributed by atoms with Gasteiger partial charge in [-0.05, 0) is 30.9 Å². The van der Waals surface area contributed by atoms with Crippen molar-refractivity contribution in [2.24, 2.45) is 0 Å². The van der Waals surface area contributed by atoms with Crippen molar-refractivity contribution >= 4 is 6.47 Å². The van der Waals surface area contributed by atoms with Crippen LogP contribution < -0.4 is 0 Å². The summed E-state index contributed by atoms with van der Waals surface area (Å²) in [5.41, 5.74) is 2.76. The fourth-order valence-electron chi connectivity index (χ4n) is 1.72. The van der Waals surface area contributed by atoms with E-state index in [1.54, 1.807) is 0 Å². The Kier molecular flexibility index (Phi) is 2.53. The van der Waals surface area contributed by atoms with Gasteiger partial charge in [-0.2, -0.15) is 0 Å². The van der Waals surface area contributed by atoms with Crippen LogP contribution in [0.3, 0.4) is 0 Å². The quantitative estimate of drug-likeness (QED) is 0.664. The molecule has 0 aromatic heterocycles. The Bertz CT molecular complexity index is 310. The molecule has 1 aliphatic rings. The van der Waals surface area contributed by atoms with Crippen LogP contribution in [0.5, 0.6) is 0 Å². The van der Waals surface area contributed by atoms with Gasteiger partial charge in [-0.1, -0.05) is 24.3 Å². The van der Waals surface area contributed by atoms with Crippen LogP contribution in [-0.2, 0) is 9.53 Å². The molecule has 0 saturated carbocycles. The number of rotatable bonds is 5. The summed E-state index contributed by atoms with van der Waals surface area (Å²) in [6, 6.07) is 8.38. The normalized spacial score (nSPS) is 15.8. The molecular weight excluding hydrogens is 176 g/mol. The lowest BCUT2D eigenvalue weighted by atomic mass is 10.1. The van der Waals surface area contributed by atoms with Gasteiger partial charge in [-0.3, -0.25) is 4.79 Å². The number of hydrogen-bond donors (Lipinski definition) is 0. The van der Waals surface area contributed by atoms with E-state index >= 15 is 0 Å². The zero-order valence-electron chi connectivity index (χ0n) is 8.19. The summed E-state index contributed by atoms with van der Waals surface area (Å²) in [6.07, 6.45) is 1.94. The van der Waals surface area contributed by atoms with Gasteiger partial charge in [-0.15, -0.1) is 0 Å².